The van der Waals surface area contributed by atoms with E-state index in [1.807, 2.05) is 24.4 Å². The lowest BCUT2D eigenvalue weighted by Crippen LogP contribution is -2.59. The monoisotopic (exact) mass is 662 g/mol. The molecule has 7 heterocycles. The fourth-order valence-electron chi connectivity index (χ4n) is 8.01. The van der Waals surface area contributed by atoms with Crippen molar-refractivity contribution in [3.63, 3.8) is 0 Å². The molecule has 4 aromatic heterocycles. The van der Waals surface area contributed by atoms with Crippen LogP contribution in [0.4, 0.5) is 23.0 Å². The van der Waals surface area contributed by atoms with Crippen molar-refractivity contribution >= 4 is 35.2 Å². The van der Waals surface area contributed by atoms with Crippen molar-refractivity contribution in [3.05, 3.63) is 81.8 Å². The summed E-state index contributed by atoms with van der Waals surface area (Å²) in [4.78, 5) is 55.5. The van der Waals surface area contributed by atoms with Crippen LogP contribution in [0.15, 0.2) is 53.7 Å². The van der Waals surface area contributed by atoms with Gasteiger partial charge in [-0.05, 0) is 66.6 Å². The summed E-state index contributed by atoms with van der Waals surface area (Å²) in [6, 6.07) is 10.3. The molecule has 1 atom stereocenters. The van der Waals surface area contributed by atoms with Gasteiger partial charge >= 0.3 is 0 Å². The summed E-state index contributed by atoms with van der Waals surface area (Å²) < 4.78 is 9.01. The Bertz CT molecular complexity index is 2010. The average Bonchev–Trinajstić information content (AvgIpc) is 3.55. The number of aromatic nitrogens is 4. The maximum atomic E-state index is 13.8. The highest BCUT2D eigenvalue weighted by atomic mass is 16.5. The molecule has 4 aliphatic rings. The SMILES string of the molecule is C[C@H]1CN(C2COC2)CCN1c1ccc(Nc2cc(-c3ccnc(N4CCn5c(cc6c5CC(C)(C)C6)C4=O)c3C=O)cn(C)c2=O)nc1. The molecule has 1 N–H and O–H groups in total. The molecule has 1 aliphatic carbocycles. The molecule has 2 fully saturated rings. The van der Waals surface area contributed by atoms with Crippen LogP contribution in [0.1, 0.15) is 52.9 Å². The maximum Gasteiger partial charge on any atom is 0.276 e. The second-order valence-electron chi connectivity index (χ2n) is 14.7. The first kappa shape index (κ1) is 31.5. The van der Waals surface area contributed by atoms with E-state index in [4.69, 9.17) is 4.74 Å². The topological polar surface area (TPSA) is 118 Å². The van der Waals surface area contributed by atoms with Crippen LogP contribution in [0.2, 0.25) is 0 Å². The Morgan fingerprint density at radius 3 is 2.57 bits per heavy atom. The van der Waals surface area contributed by atoms with Gasteiger partial charge in [-0.1, -0.05) is 13.8 Å². The highest BCUT2D eigenvalue weighted by molar-refractivity contribution is 6.08. The number of nitrogens with one attached hydrogen (secondary N) is 1. The lowest BCUT2D eigenvalue weighted by molar-refractivity contribution is -0.0691. The number of hydrogen-bond donors (Lipinski definition) is 1. The molecule has 0 bridgehead atoms. The third-order valence-electron chi connectivity index (χ3n) is 10.6. The smallest absolute Gasteiger partial charge is 0.276 e. The number of amides is 1. The van der Waals surface area contributed by atoms with Gasteiger partial charge in [0.25, 0.3) is 11.5 Å². The molecule has 49 heavy (non-hydrogen) atoms. The zero-order valence-electron chi connectivity index (χ0n) is 28.5. The van der Waals surface area contributed by atoms with Gasteiger partial charge in [-0.25, -0.2) is 9.97 Å². The molecule has 254 valence electrons. The van der Waals surface area contributed by atoms with E-state index in [-0.39, 0.29) is 16.9 Å². The Morgan fingerprint density at radius 2 is 1.86 bits per heavy atom. The number of hydrogen-bond acceptors (Lipinski definition) is 9. The van der Waals surface area contributed by atoms with Crippen molar-refractivity contribution < 1.29 is 14.3 Å². The Hall–Kier alpha value is -4.81. The average molecular weight is 663 g/mol. The molecule has 0 unspecified atom stereocenters. The summed E-state index contributed by atoms with van der Waals surface area (Å²) in [7, 11) is 1.68. The minimum absolute atomic E-state index is 0.159. The first-order valence-electron chi connectivity index (χ1n) is 17.1. The molecule has 8 rings (SSSR count). The summed E-state index contributed by atoms with van der Waals surface area (Å²) in [5.41, 5.74) is 5.97. The van der Waals surface area contributed by atoms with E-state index < -0.39 is 0 Å². The molecular formula is C37H42N8O4. The number of pyridine rings is 3. The highest BCUT2D eigenvalue weighted by Crippen LogP contribution is 2.40. The Morgan fingerprint density at radius 1 is 1.02 bits per heavy atom. The van der Waals surface area contributed by atoms with Crippen molar-refractivity contribution in [2.45, 2.75) is 52.2 Å². The predicted octanol–water partition coefficient (Wildman–Crippen LogP) is 3.89. The number of aldehydes is 1. The number of aryl methyl sites for hydroxylation is 1. The van der Waals surface area contributed by atoms with Crippen molar-refractivity contribution in [1.29, 1.82) is 0 Å². The molecule has 12 nitrogen and oxygen atoms in total. The number of anilines is 4. The fourth-order valence-corrected chi connectivity index (χ4v) is 8.01. The van der Waals surface area contributed by atoms with Gasteiger partial charge in [0.2, 0.25) is 0 Å². The third kappa shape index (κ3) is 5.52. The first-order valence-corrected chi connectivity index (χ1v) is 17.1. The van der Waals surface area contributed by atoms with Crippen LogP contribution in [-0.4, -0.2) is 87.7 Å². The fraction of sp³-hybridized carbons (Fsp3) is 0.432. The minimum Gasteiger partial charge on any atom is -0.378 e. The molecule has 4 aromatic rings. The normalized spacial score (nSPS) is 20.6. The first-order chi connectivity index (χ1) is 23.6. The van der Waals surface area contributed by atoms with Gasteiger partial charge in [0.15, 0.2) is 6.29 Å². The van der Waals surface area contributed by atoms with Crippen molar-refractivity contribution in [1.82, 2.24) is 24.0 Å². The summed E-state index contributed by atoms with van der Waals surface area (Å²) in [6.07, 6.45) is 7.79. The molecule has 3 aliphatic heterocycles. The number of piperazine rings is 1. The number of carbonyl (C=O) groups excluding carboxylic acids is 2. The number of nitrogens with zero attached hydrogens (tertiary/aromatic N) is 7. The number of rotatable bonds is 7. The van der Waals surface area contributed by atoms with Crippen molar-refractivity contribution in [2.24, 2.45) is 12.5 Å². The quantitative estimate of drug-likeness (QED) is 0.294. The van der Waals surface area contributed by atoms with Gasteiger partial charge in [-0.15, -0.1) is 0 Å². The highest BCUT2D eigenvalue weighted by Gasteiger charge is 2.38. The minimum atomic E-state index is -0.232. The molecule has 2 saturated heterocycles. The standard InChI is InChI=1S/C37H42N8O4/c1-23-18-42(27-21-49-22-27)9-10-43(23)26-5-6-33(39-17-26)40-30-13-25(19-41(4)35(30)47)28-7-8-38-34(29(28)20-46)45-12-11-44-31(36(45)48)14-24-15-37(2,3)16-32(24)44/h5-8,13-14,17,19-20,23,27H,9-12,15-16,18,21-22H2,1-4H3,(H,39,40)/t23-/m0/s1. The van der Waals surface area contributed by atoms with Crippen LogP contribution in [0.25, 0.3) is 11.1 Å². The maximum absolute atomic E-state index is 13.8. The van der Waals surface area contributed by atoms with Crippen LogP contribution in [0.3, 0.4) is 0 Å². The van der Waals surface area contributed by atoms with Crippen LogP contribution in [0.5, 0.6) is 0 Å². The van der Waals surface area contributed by atoms with Crippen LogP contribution in [-0.2, 0) is 31.2 Å². The van der Waals surface area contributed by atoms with E-state index >= 15 is 0 Å². The van der Waals surface area contributed by atoms with Crippen LogP contribution < -0.4 is 20.7 Å². The van der Waals surface area contributed by atoms with Gasteiger partial charge in [0.1, 0.15) is 23.0 Å². The van der Waals surface area contributed by atoms with E-state index in [1.165, 1.54) is 15.8 Å². The second kappa shape index (κ2) is 12.0. The Labute approximate surface area is 285 Å². The van der Waals surface area contributed by atoms with E-state index in [0.717, 1.165) is 57.7 Å². The number of carbonyl (C=O) groups is 2. The summed E-state index contributed by atoms with van der Waals surface area (Å²) in [5, 5.41) is 3.20. The molecule has 0 aromatic carbocycles. The summed E-state index contributed by atoms with van der Waals surface area (Å²) in [6.45, 7) is 12.3. The van der Waals surface area contributed by atoms with E-state index in [9.17, 15) is 14.4 Å². The van der Waals surface area contributed by atoms with E-state index in [0.29, 0.717) is 64.9 Å². The van der Waals surface area contributed by atoms with Gasteiger partial charge in [-0.3, -0.25) is 24.2 Å². The molecule has 0 radical (unpaired) electrons. The van der Waals surface area contributed by atoms with Crippen LogP contribution in [0, 0.1) is 5.41 Å². The second-order valence-corrected chi connectivity index (χ2v) is 14.7. The molecule has 0 saturated carbocycles. The molecule has 12 heteroatoms. The number of ether oxygens (including phenoxy) is 1. The van der Waals surface area contributed by atoms with Gasteiger partial charge in [0, 0.05) is 69.5 Å². The number of fused-ring (bicyclic) bond motifs is 3. The summed E-state index contributed by atoms with van der Waals surface area (Å²) >= 11 is 0. The molecule has 0 spiro atoms. The van der Waals surface area contributed by atoms with Crippen molar-refractivity contribution in [2.75, 3.05) is 54.5 Å². The molecule has 1 amide bonds. The lowest BCUT2D eigenvalue weighted by atomic mass is 9.90. The predicted molar refractivity (Wildman–Crippen MR) is 188 cm³/mol. The lowest BCUT2D eigenvalue weighted by Gasteiger charge is -2.46. The van der Waals surface area contributed by atoms with E-state index in [2.05, 4.69) is 50.4 Å². The van der Waals surface area contributed by atoms with Crippen LogP contribution >= 0.6 is 0 Å². The van der Waals surface area contributed by atoms with Gasteiger partial charge in [-0.2, -0.15) is 0 Å². The zero-order valence-corrected chi connectivity index (χ0v) is 28.5. The zero-order chi connectivity index (χ0) is 34.0. The Kier molecular flexibility index (Phi) is 7.68. The van der Waals surface area contributed by atoms with Gasteiger partial charge in [0.05, 0.1) is 36.7 Å². The summed E-state index contributed by atoms with van der Waals surface area (Å²) in [5.74, 6) is 0.703. The van der Waals surface area contributed by atoms with Crippen molar-refractivity contribution in [3.8, 4) is 11.1 Å². The largest absolute Gasteiger partial charge is 0.378 e. The van der Waals surface area contributed by atoms with Gasteiger partial charge < -0.3 is 24.1 Å². The molecular weight excluding hydrogens is 620 g/mol. The Balaban J connectivity index is 1.04. The van der Waals surface area contributed by atoms with E-state index in [1.54, 1.807) is 36.5 Å². The third-order valence-corrected chi connectivity index (χ3v) is 10.6.